The minimum Gasteiger partial charge on any atom is -0.299 e. The number of ketones is 1. The number of rotatable bonds is 3. The fourth-order valence-electron chi connectivity index (χ4n) is 3.97. The largest absolute Gasteiger partial charge is 0.299 e. The van der Waals surface area contributed by atoms with Gasteiger partial charge in [-0.1, -0.05) is 43.4 Å². The number of nitrogens with zero attached hydrogens (tertiary/aromatic N) is 1. The van der Waals surface area contributed by atoms with Crippen molar-refractivity contribution >= 4 is 23.1 Å². The third-order valence-corrected chi connectivity index (χ3v) is 5.33. The van der Waals surface area contributed by atoms with Crippen molar-refractivity contribution in [3.05, 3.63) is 34.3 Å². The number of fused-ring (bicyclic) bond motifs is 1. The van der Waals surface area contributed by atoms with Crippen LogP contribution in [0.5, 0.6) is 0 Å². The summed E-state index contributed by atoms with van der Waals surface area (Å²) >= 11 is 6.16. The van der Waals surface area contributed by atoms with Gasteiger partial charge in [-0.2, -0.15) is 0 Å². The Bertz CT molecular complexity index is 625. The molecule has 3 rings (SSSR count). The van der Waals surface area contributed by atoms with Crippen LogP contribution in [0, 0.1) is 5.92 Å². The summed E-state index contributed by atoms with van der Waals surface area (Å²) in [5.74, 6) is 0.616. The topological polar surface area (TPSA) is 29.4 Å². The molecule has 0 aromatic heterocycles. The Morgan fingerprint density at radius 3 is 2.61 bits per heavy atom. The van der Waals surface area contributed by atoms with Crippen molar-refractivity contribution in [3.8, 4) is 0 Å². The van der Waals surface area contributed by atoms with Gasteiger partial charge in [0.1, 0.15) is 5.78 Å². The first-order valence-electron chi connectivity index (χ1n) is 8.85. The van der Waals surface area contributed by atoms with E-state index in [9.17, 15) is 4.79 Å². The van der Waals surface area contributed by atoms with E-state index in [-0.39, 0.29) is 11.5 Å². The van der Waals surface area contributed by atoms with E-state index in [0.29, 0.717) is 12.2 Å². The number of carbonyl (C=O) groups is 1. The fourth-order valence-corrected chi connectivity index (χ4v) is 4.16. The lowest BCUT2D eigenvalue weighted by molar-refractivity contribution is -0.122. The van der Waals surface area contributed by atoms with E-state index in [4.69, 9.17) is 16.6 Å². The van der Waals surface area contributed by atoms with Gasteiger partial charge in [0, 0.05) is 17.4 Å². The van der Waals surface area contributed by atoms with E-state index in [1.165, 1.54) is 31.2 Å². The minimum atomic E-state index is -0.156. The van der Waals surface area contributed by atoms with Crippen LogP contribution in [0.2, 0.25) is 5.02 Å². The monoisotopic (exact) mass is 331 g/mol. The van der Waals surface area contributed by atoms with Crippen LogP contribution in [-0.2, 0) is 11.2 Å². The zero-order chi connectivity index (χ0) is 16.4. The van der Waals surface area contributed by atoms with Crippen LogP contribution >= 0.6 is 11.6 Å². The number of carbonyl (C=O) groups excluding carboxylic acids is 1. The maximum absolute atomic E-state index is 12.8. The van der Waals surface area contributed by atoms with Gasteiger partial charge in [0.25, 0.3) is 0 Å². The molecule has 1 heterocycles. The van der Waals surface area contributed by atoms with Crippen LogP contribution in [0.4, 0.5) is 0 Å². The summed E-state index contributed by atoms with van der Waals surface area (Å²) in [5, 5.41) is 0.760. The van der Waals surface area contributed by atoms with Crippen molar-refractivity contribution in [1.82, 2.24) is 0 Å². The summed E-state index contributed by atoms with van der Waals surface area (Å²) in [5.41, 5.74) is 3.15. The lowest BCUT2D eigenvalue weighted by Gasteiger charge is -2.29. The Hall–Kier alpha value is -1.15. The maximum Gasteiger partial charge on any atom is 0.141 e. The Morgan fingerprint density at radius 2 is 1.91 bits per heavy atom. The molecule has 1 aromatic rings. The van der Waals surface area contributed by atoms with E-state index < -0.39 is 0 Å². The van der Waals surface area contributed by atoms with E-state index in [2.05, 4.69) is 13.8 Å². The summed E-state index contributed by atoms with van der Waals surface area (Å²) in [6, 6.07) is 5.97. The molecule has 0 radical (unpaired) electrons. The molecule has 1 fully saturated rings. The van der Waals surface area contributed by atoms with Gasteiger partial charge in [-0.3, -0.25) is 9.79 Å². The molecule has 0 N–H and O–H groups in total. The highest BCUT2D eigenvalue weighted by molar-refractivity contribution is 6.30. The standard InChI is InChI=1S/C20H26ClNO/c1-20(2)13-15-11-16(21)9-10-17(15)18(22-20)12-19(23)14-7-5-3-4-6-8-14/h9-11,14H,3-8,12-13H2,1-2H3. The molecule has 0 spiro atoms. The van der Waals surface area contributed by atoms with Gasteiger partial charge >= 0.3 is 0 Å². The van der Waals surface area contributed by atoms with Gasteiger partial charge in [-0.15, -0.1) is 0 Å². The number of Topliss-reactive ketones (excluding diaryl/α,β-unsaturated/α-hetero) is 1. The van der Waals surface area contributed by atoms with Gasteiger partial charge in [0.15, 0.2) is 0 Å². The van der Waals surface area contributed by atoms with Gasteiger partial charge in [-0.05, 0) is 56.4 Å². The van der Waals surface area contributed by atoms with Crippen LogP contribution in [0.25, 0.3) is 0 Å². The molecule has 23 heavy (non-hydrogen) atoms. The number of hydrogen-bond acceptors (Lipinski definition) is 2. The Morgan fingerprint density at radius 1 is 1.22 bits per heavy atom. The van der Waals surface area contributed by atoms with Crippen molar-refractivity contribution in [2.24, 2.45) is 10.9 Å². The lowest BCUT2D eigenvalue weighted by atomic mass is 9.84. The van der Waals surface area contributed by atoms with Crippen molar-refractivity contribution in [3.63, 3.8) is 0 Å². The summed E-state index contributed by atoms with van der Waals surface area (Å²) in [4.78, 5) is 17.7. The van der Waals surface area contributed by atoms with Crippen LogP contribution in [0.1, 0.15) is 69.9 Å². The average molecular weight is 332 g/mol. The van der Waals surface area contributed by atoms with E-state index in [1.54, 1.807) is 0 Å². The third-order valence-electron chi connectivity index (χ3n) is 5.09. The van der Waals surface area contributed by atoms with E-state index in [1.807, 2.05) is 18.2 Å². The zero-order valence-corrected chi connectivity index (χ0v) is 15.0. The molecule has 0 unspecified atom stereocenters. The van der Waals surface area contributed by atoms with Crippen molar-refractivity contribution < 1.29 is 4.79 Å². The lowest BCUT2D eigenvalue weighted by Crippen LogP contribution is -2.31. The number of benzene rings is 1. The normalized spacial score (nSPS) is 21.3. The molecule has 0 bridgehead atoms. The molecular weight excluding hydrogens is 306 g/mol. The second-order valence-corrected chi connectivity index (χ2v) is 8.12. The highest BCUT2D eigenvalue weighted by Gasteiger charge is 2.29. The Labute approximate surface area is 144 Å². The van der Waals surface area contributed by atoms with Gasteiger partial charge in [-0.25, -0.2) is 0 Å². The quantitative estimate of drug-likeness (QED) is 0.682. The van der Waals surface area contributed by atoms with E-state index >= 15 is 0 Å². The SMILES string of the molecule is CC1(C)Cc2cc(Cl)ccc2C(CC(=O)C2CCCCCC2)=N1. The molecule has 2 aliphatic rings. The van der Waals surface area contributed by atoms with Crippen LogP contribution in [0.3, 0.4) is 0 Å². The molecule has 124 valence electrons. The molecule has 2 nitrogen and oxygen atoms in total. The van der Waals surface area contributed by atoms with Gasteiger partial charge < -0.3 is 0 Å². The molecule has 0 atom stereocenters. The Kier molecular flexibility index (Phi) is 4.91. The first-order chi connectivity index (χ1) is 10.9. The smallest absolute Gasteiger partial charge is 0.141 e. The summed E-state index contributed by atoms with van der Waals surface area (Å²) < 4.78 is 0. The molecular formula is C20H26ClNO. The van der Waals surface area contributed by atoms with E-state index in [0.717, 1.165) is 35.6 Å². The summed E-state index contributed by atoms with van der Waals surface area (Å²) in [6.45, 7) is 4.26. The van der Waals surface area contributed by atoms with Gasteiger partial charge in [0.2, 0.25) is 0 Å². The molecule has 3 heteroatoms. The minimum absolute atomic E-state index is 0.156. The first kappa shape index (κ1) is 16.7. The zero-order valence-electron chi connectivity index (χ0n) is 14.2. The average Bonchev–Trinajstić information content (AvgIpc) is 2.74. The van der Waals surface area contributed by atoms with Crippen LogP contribution in [0.15, 0.2) is 23.2 Å². The van der Waals surface area contributed by atoms with Crippen molar-refractivity contribution in [1.29, 1.82) is 0 Å². The summed E-state index contributed by atoms with van der Waals surface area (Å²) in [7, 11) is 0. The van der Waals surface area contributed by atoms with Crippen LogP contribution < -0.4 is 0 Å². The second kappa shape index (κ2) is 6.76. The second-order valence-electron chi connectivity index (χ2n) is 7.68. The highest BCUT2D eigenvalue weighted by Crippen LogP contribution is 2.31. The molecule has 1 aliphatic heterocycles. The summed E-state index contributed by atoms with van der Waals surface area (Å²) in [6.07, 6.45) is 8.41. The number of halogens is 1. The molecule has 1 aromatic carbocycles. The molecule has 1 aliphatic carbocycles. The molecule has 0 amide bonds. The van der Waals surface area contributed by atoms with Crippen molar-refractivity contribution in [2.45, 2.75) is 70.8 Å². The fraction of sp³-hybridized carbons (Fsp3) is 0.600. The molecule has 0 saturated heterocycles. The Balaban J connectivity index is 1.83. The highest BCUT2D eigenvalue weighted by atomic mass is 35.5. The first-order valence-corrected chi connectivity index (χ1v) is 9.23. The third kappa shape index (κ3) is 4.03. The number of aliphatic imine (C=N–C) groups is 1. The number of hydrogen-bond donors (Lipinski definition) is 0. The maximum atomic E-state index is 12.8. The van der Waals surface area contributed by atoms with Crippen LogP contribution in [-0.4, -0.2) is 17.0 Å². The van der Waals surface area contributed by atoms with Crippen molar-refractivity contribution in [2.75, 3.05) is 0 Å². The predicted molar refractivity (Wildman–Crippen MR) is 96.6 cm³/mol. The van der Waals surface area contributed by atoms with Gasteiger partial charge in [0.05, 0.1) is 11.3 Å². The predicted octanol–water partition coefficient (Wildman–Crippen LogP) is 5.39. The molecule has 1 saturated carbocycles.